The van der Waals surface area contributed by atoms with E-state index < -0.39 is 34.0 Å². The van der Waals surface area contributed by atoms with Crippen molar-refractivity contribution in [3.63, 3.8) is 0 Å². The van der Waals surface area contributed by atoms with E-state index in [1.807, 2.05) is 0 Å². The zero-order chi connectivity index (χ0) is 15.6. The first kappa shape index (κ1) is 15.7. The topological polar surface area (TPSA) is 106 Å². The molecule has 0 unspecified atom stereocenters. The highest BCUT2D eigenvalue weighted by atomic mass is 32.2. The molecule has 0 radical (unpaired) electrons. The lowest BCUT2D eigenvalue weighted by atomic mass is 10.2. The van der Waals surface area contributed by atoms with Crippen molar-refractivity contribution in [1.29, 1.82) is 0 Å². The highest BCUT2D eigenvalue weighted by Crippen LogP contribution is 2.31. The van der Waals surface area contributed by atoms with Gasteiger partial charge in [0.05, 0.1) is 12.2 Å². The molecule has 6 nitrogen and oxygen atoms in total. The Labute approximate surface area is 123 Å². The molecule has 1 aromatic rings. The number of sulfonamides is 1. The number of nitrogens with two attached hydrogens (primary N) is 2. The second-order valence-electron chi connectivity index (χ2n) is 5.11. The number of anilines is 1. The van der Waals surface area contributed by atoms with Crippen LogP contribution in [0.5, 0.6) is 0 Å². The standard InChI is InChI=1S/C13H18FN3O3S/c14-10-6-3-7-11(13(10)16)21(19,20)17(8-12(15)18)9-4-1-2-5-9/h3,6-7,9H,1-2,4-5,8,16H2,(H2,15,18). The zero-order valence-electron chi connectivity index (χ0n) is 11.5. The van der Waals surface area contributed by atoms with Crippen LogP contribution in [0.1, 0.15) is 25.7 Å². The van der Waals surface area contributed by atoms with Crippen molar-refractivity contribution in [2.45, 2.75) is 36.6 Å². The van der Waals surface area contributed by atoms with Gasteiger partial charge in [-0.2, -0.15) is 4.31 Å². The van der Waals surface area contributed by atoms with Crippen molar-refractivity contribution in [3.05, 3.63) is 24.0 Å². The summed E-state index contributed by atoms with van der Waals surface area (Å²) in [5, 5.41) is 0. The van der Waals surface area contributed by atoms with Gasteiger partial charge in [-0.05, 0) is 25.0 Å². The van der Waals surface area contributed by atoms with Gasteiger partial charge in [-0.1, -0.05) is 18.9 Å². The van der Waals surface area contributed by atoms with Gasteiger partial charge in [0, 0.05) is 6.04 Å². The minimum absolute atomic E-state index is 0.301. The highest BCUT2D eigenvalue weighted by Gasteiger charge is 2.35. The molecule has 4 N–H and O–H groups in total. The second kappa shape index (κ2) is 5.98. The molecule has 1 fully saturated rings. The smallest absolute Gasteiger partial charge is 0.245 e. The number of nitrogens with zero attached hydrogens (tertiary/aromatic N) is 1. The van der Waals surface area contributed by atoms with Crippen LogP contribution in [-0.4, -0.2) is 31.2 Å². The Morgan fingerprint density at radius 1 is 1.33 bits per heavy atom. The van der Waals surface area contributed by atoms with E-state index in [-0.39, 0.29) is 10.9 Å². The predicted octanol–water partition coefficient (Wildman–Crippen LogP) is 0.826. The minimum Gasteiger partial charge on any atom is -0.395 e. The van der Waals surface area contributed by atoms with E-state index in [4.69, 9.17) is 11.5 Å². The first-order valence-corrected chi connectivity index (χ1v) is 8.12. The predicted molar refractivity (Wildman–Crippen MR) is 76.2 cm³/mol. The van der Waals surface area contributed by atoms with E-state index in [2.05, 4.69) is 0 Å². The molecule has 21 heavy (non-hydrogen) atoms. The summed E-state index contributed by atoms with van der Waals surface area (Å²) in [6.45, 7) is -0.428. The Morgan fingerprint density at radius 3 is 2.52 bits per heavy atom. The number of hydrogen-bond donors (Lipinski definition) is 2. The van der Waals surface area contributed by atoms with E-state index in [9.17, 15) is 17.6 Å². The number of benzene rings is 1. The second-order valence-corrected chi connectivity index (χ2v) is 6.97. The monoisotopic (exact) mass is 315 g/mol. The maximum absolute atomic E-state index is 13.5. The van der Waals surface area contributed by atoms with Gasteiger partial charge in [0.2, 0.25) is 15.9 Å². The fourth-order valence-corrected chi connectivity index (χ4v) is 4.40. The molecule has 0 saturated heterocycles. The Morgan fingerprint density at radius 2 is 1.95 bits per heavy atom. The third-order valence-corrected chi connectivity index (χ3v) is 5.60. The van der Waals surface area contributed by atoms with Gasteiger partial charge in [0.1, 0.15) is 10.7 Å². The van der Waals surface area contributed by atoms with E-state index >= 15 is 0 Å². The van der Waals surface area contributed by atoms with Crippen LogP contribution in [0.25, 0.3) is 0 Å². The molecule has 0 aliphatic heterocycles. The normalized spacial score (nSPS) is 16.5. The molecular weight excluding hydrogens is 297 g/mol. The van der Waals surface area contributed by atoms with Gasteiger partial charge >= 0.3 is 0 Å². The van der Waals surface area contributed by atoms with Crippen molar-refractivity contribution in [2.75, 3.05) is 12.3 Å². The zero-order valence-corrected chi connectivity index (χ0v) is 12.3. The van der Waals surface area contributed by atoms with Crippen LogP contribution in [0.15, 0.2) is 23.1 Å². The summed E-state index contributed by atoms with van der Waals surface area (Å²) in [5.41, 5.74) is 10.3. The number of carbonyl (C=O) groups excluding carboxylic acids is 1. The molecule has 0 bridgehead atoms. The molecule has 0 aromatic heterocycles. The quantitative estimate of drug-likeness (QED) is 0.785. The molecule has 1 aliphatic rings. The third-order valence-electron chi connectivity index (χ3n) is 3.64. The molecule has 1 aromatic carbocycles. The number of carbonyl (C=O) groups is 1. The number of para-hydroxylation sites is 1. The lowest BCUT2D eigenvalue weighted by molar-refractivity contribution is -0.118. The average molecular weight is 315 g/mol. The van der Waals surface area contributed by atoms with Crippen molar-refractivity contribution < 1.29 is 17.6 Å². The molecular formula is C13H18FN3O3S. The van der Waals surface area contributed by atoms with Gasteiger partial charge in [0.25, 0.3) is 0 Å². The molecule has 0 heterocycles. The molecule has 116 valence electrons. The third kappa shape index (κ3) is 3.16. The number of amides is 1. The largest absolute Gasteiger partial charge is 0.395 e. The van der Waals surface area contributed by atoms with Crippen LogP contribution in [0.4, 0.5) is 10.1 Å². The summed E-state index contributed by atoms with van der Waals surface area (Å²) in [5.74, 6) is -1.55. The summed E-state index contributed by atoms with van der Waals surface area (Å²) < 4.78 is 40.0. The van der Waals surface area contributed by atoms with Gasteiger partial charge in [-0.3, -0.25) is 4.79 Å². The maximum atomic E-state index is 13.5. The minimum atomic E-state index is -4.07. The summed E-state index contributed by atoms with van der Waals surface area (Å²) in [6, 6.07) is 3.29. The lowest BCUT2D eigenvalue weighted by Gasteiger charge is -2.27. The molecule has 1 saturated carbocycles. The molecule has 0 atom stereocenters. The number of primary amides is 1. The van der Waals surface area contributed by atoms with E-state index in [0.717, 1.165) is 23.2 Å². The number of rotatable bonds is 5. The molecule has 8 heteroatoms. The fourth-order valence-electron chi connectivity index (χ4n) is 2.62. The molecule has 2 rings (SSSR count). The van der Waals surface area contributed by atoms with Crippen LogP contribution in [0.3, 0.4) is 0 Å². The Bertz CT molecular complexity index is 642. The van der Waals surface area contributed by atoms with Gasteiger partial charge in [-0.15, -0.1) is 0 Å². The van der Waals surface area contributed by atoms with E-state index in [1.165, 1.54) is 12.1 Å². The highest BCUT2D eigenvalue weighted by molar-refractivity contribution is 7.89. The van der Waals surface area contributed by atoms with Crippen molar-refractivity contribution in [2.24, 2.45) is 5.73 Å². The fraction of sp³-hybridized carbons (Fsp3) is 0.462. The van der Waals surface area contributed by atoms with Crippen molar-refractivity contribution >= 4 is 21.6 Å². The van der Waals surface area contributed by atoms with E-state index in [1.54, 1.807) is 0 Å². The number of hydrogen-bond acceptors (Lipinski definition) is 4. The van der Waals surface area contributed by atoms with Crippen molar-refractivity contribution in [3.8, 4) is 0 Å². The average Bonchev–Trinajstić information content (AvgIpc) is 2.92. The molecule has 1 amide bonds. The van der Waals surface area contributed by atoms with Crippen LogP contribution in [0.2, 0.25) is 0 Å². The number of halogens is 1. The van der Waals surface area contributed by atoms with E-state index in [0.29, 0.717) is 12.8 Å². The Kier molecular flexibility index (Phi) is 4.48. The first-order chi connectivity index (χ1) is 9.84. The SMILES string of the molecule is NC(=O)CN(C1CCCC1)S(=O)(=O)c1cccc(F)c1N. The van der Waals surface area contributed by atoms with Crippen LogP contribution >= 0.6 is 0 Å². The summed E-state index contributed by atoms with van der Waals surface area (Å²) in [4.78, 5) is 10.9. The van der Waals surface area contributed by atoms with Crippen molar-refractivity contribution in [1.82, 2.24) is 4.31 Å². The summed E-state index contributed by atoms with van der Waals surface area (Å²) in [6.07, 6.45) is 3.08. The lowest BCUT2D eigenvalue weighted by Crippen LogP contribution is -2.44. The summed E-state index contributed by atoms with van der Waals surface area (Å²) >= 11 is 0. The summed E-state index contributed by atoms with van der Waals surface area (Å²) in [7, 11) is -4.07. The maximum Gasteiger partial charge on any atom is 0.245 e. The molecule has 0 spiro atoms. The Balaban J connectivity index is 2.45. The van der Waals surface area contributed by atoms with Crippen LogP contribution < -0.4 is 11.5 Å². The first-order valence-electron chi connectivity index (χ1n) is 6.68. The van der Waals surface area contributed by atoms with Gasteiger partial charge in [0.15, 0.2) is 0 Å². The molecule has 1 aliphatic carbocycles. The Hall–Kier alpha value is -1.67. The van der Waals surface area contributed by atoms with Crippen LogP contribution in [-0.2, 0) is 14.8 Å². The van der Waals surface area contributed by atoms with Gasteiger partial charge < -0.3 is 11.5 Å². The number of nitrogen functional groups attached to an aromatic ring is 1. The van der Waals surface area contributed by atoms with Crippen LogP contribution in [0, 0.1) is 5.82 Å². The van der Waals surface area contributed by atoms with Gasteiger partial charge in [-0.25, -0.2) is 12.8 Å².